The monoisotopic (exact) mass is 416 g/mol. The lowest BCUT2D eigenvalue weighted by atomic mass is 10.2. The van der Waals surface area contributed by atoms with Crippen LogP contribution in [0.25, 0.3) is 0 Å². The van der Waals surface area contributed by atoms with Crippen LogP contribution in [0.1, 0.15) is 11.1 Å². The normalized spacial score (nSPS) is 10.9. The number of aromatic hydroxyl groups is 1. The van der Waals surface area contributed by atoms with E-state index in [1.807, 2.05) is 24.3 Å². The van der Waals surface area contributed by atoms with E-state index in [0.717, 1.165) is 11.1 Å². The number of halogens is 3. The molecule has 0 amide bonds. The van der Waals surface area contributed by atoms with Gasteiger partial charge in [-0.25, -0.2) is 0 Å². The maximum Gasteiger partial charge on any atom is 0.143 e. The van der Waals surface area contributed by atoms with E-state index < -0.39 is 0 Å². The molecular formula is C14H11Br2ClN2O. The lowest BCUT2D eigenvalue weighted by Crippen LogP contribution is -2.05. The number of phenols is 1. The number of hydrazone groups is 1. The zero-order valence-corrected chi connectivity index (χ0v) is 14.2. The Morgan fingerprint density at radius 3 is 2.50 bits per heavy atom. The van der Waals surface area contributed by atoms with Crippen molar-refractivity contribution in [2.24, 2.45) is 5.10 Å². The van der Waals surface area contributed by atoms with Gasteiger partial charge in [-0.3, -0.25) is 0 Å². The molecule has 2 rings (SSSR count). The van der Waals surface area contributed by atoms with Crippen LogP contribution in [0.4, 0.5) is 0 Å². The van der Waals surface area contributed by atoms with Crippen molar-refractivity contribution in [2.45, 2.75) is 6.54 Å². The average molecular weight is 419 g/mol. The highest BCUT2D eigenvalue weighted by Crippen LogP contribution is 2.32. The first kappa shape index (κ1) is 15.4. The van der Waals surface area contributed by atoms with Crippen molar-refractivity contribution in [2.75, 3.05) is 0 Å². The van der Waals surface area contributed by atoms with Crippen LogP contribution >= 0.6 is 43.5 Å². The highest BCUT2D eigenvalue weighted by Gasteiger charge is 2.04. The Labute approximate surface area is 138 Å². The van der Waals surface area contributed by atoms with Gasteiger partial charge >= 0.3 is 0 Å². The summed E-state index contributed by atoms with van der Waals surface area (Å²) < 4.78 is 1.22. The molecule has 0 fully saturated rings. The standard InChI is InChI=1S/C14H11Br2ClN2O/c15-11-5-9(6-12(16)14(11)20)7-18-19-8-10-3-1-2-4-13(10)17/h1-7,19-20H,8H2/b18-7-. The predicted octanol–water partition coefficient (Wildman–Crippen LogP) is 4.69. The zero-order valence-electron chi connectivity index (χ0n) is 10.3. The summed E-state index contributed by atoms with van der Waals surface area (Å²) in [6, 6.07) is 11.2. The van der Waals surface area contributed by atoms with Gasteiger partial charge in [0.1, 0.15) is 5.75 Å². The van der Waals surface area contributed by atoms with Crippen LogP contribution in [0.5, 0.6) is 5.75 Å². The molecule has 2 aromatic carbocycles. The van der Waals surface area contributed by atoms with Crippen LogP contribution in [0.15, 0.2) is 50.4 Å². The van der Waals surface area contributed by atoms with Gasteiger partial charge in [0.15, 0.2) is 0 Å². The minimum absolute atomic E-state index is 0.172. The molecule has 104 valence electrons. The fourth-order valence-corrected chi connectivity index (χ4v) is 2.98. The summed E-state index contributed by atoms with van der Waals surface area (Å²) in [6.07, 6.45) is 1.67. The van der Waals surface area contributed by atoms with Crippen LogP contribution in [0, 0.1) is 0 Å². The first-order chi connectivity index (χ1) is 9.58. The van der Waals surface area contributed by atoms with Gasteiger partial charge in [0.25, 0.3) is 0 Å². The van der Waals surface area contributed by atoms with E-state index in [1.165, 1.54) is 0 Å². The predicted molar refractivity (Wildman–Crippen MR) is 89.4 cm³/mol. The molecule has 0 spiro atoms. The lowest BCUT2D eigenvalue weighted by Gasteiger charge is -2.04. The van der Waals surface area contributed by atoms with Crippen molar-refractivity contribution >= 4 is 49.7 Å². The molecule has 20 heavy (non-hydrogen) atoms. The molecule has 0 unspecified atom stereocenters. The minimum atomic E-state index is 0.172. The van der Waals surface area contributed by atoms with E-state index in [-0.39, 0.29) is 5.75 Å². The van der Waals surface area contributed by atoms with Crippen LogP contribution in [0.2, 0.25) is 5.02 Å². The smallest absolute Gasteiger partial charge is 0.143 e. The molecular weight excluding hydrogens is 407 g/mol. The topological polar surface area (TPSA) is 44.6 Å². The van der Waals surface area contributed by atoms with E-state index in [1.54, 1.807) is 18.3 Å². The summed E-state index contributed by atoms with van der Waals surface area (Å²) in [7, 11) is 0. The van der Waals surface area contributed by atoms with Gasteiger partial charge in [-0.05, 0) is 61.2 Å². The SMILES string of the molecule is Oc1c(Br)cc(/C=N\NCc2ccccc2Cl)cc1Br. The summed E-state index contributed by atoms with van der Waals surface area (Å²) in [5.41, 5.74) is 4.78. The number of nitrogens with one attached hydrogen (secondary N) is 1. The third kappa shape index (κ3) is 3.98. The molecule has 0 heterocycles. The second-order valence-electron chi connectivity index (χ2n) is 4.02. The van der Waals surface area contributed by atoms with Crippen LogP contribution in [-0.2, 0) is 6.54 Å². The van der Waals surface area contributed by atoms with Crippen LogP contribution < -0.4 is 5.43 Å². The lowest BCUT2D eigenvalue weighted by molar-refractivity contribution is 0.468. The summed E-state index contributed by atoms with van der Waals surface area (Å²) in [6.45, 7) is 0.552. The molecule has 2 N–H and O–H groups in total. The van der Waals surface area contributed by atoms with E-state index in [0.29, 0.717) is 20.5 Å². The molecule has 0 aliphatic heterocycles. The molecule has 0 radical (unpaired) electrons. The minimum Gasteiger partial charge on any atom is -0.506 e. The van der Waals surface area contributed by atoms with Crippen LogP contribution in [0.3, 0.4) is 0 Å². The maximum absolute atomic E-state index is 9.61. The summed E-state index contributed by atoms with van der Waals surface area (Å²) >= 11 is 12.6. The van der Waals surface area contributed by atoms with Crippen molar-refractivity contribution in [3.8, 4) is 5.75 Å². The molecule has 0 bridgehead atoms. The van der Waals surface area contributed by atoms with Gasteiger partial charge in [0, 0.05) is 5.02 Å². The Balaban J connectivity index is 1.99. The Kier molecular flexibility index (Phi) is 5.46. The van der Waals surface area contributed by atoms with Gasteiger partial charge < -0.3 is 10.5 Å². The van der Waals surface area contributed by atoms with Crippen molar-refractivity contribution in [1.82, 2.24) is 5.43 Å². The van der Waals surface area contributed by atoms with Gasteiger partial charge in [0.05, 0.1) is 21.7 Å². The van der Waals surface area contributed by atoms with Crippen molar-refractivity contribution < 1.29 is 5.11 Å². The van der Waals surface area contributed by atoms with Gasteiger partial charge in [0.2, 0.25) is 0 Å². The summed E-state index contributed by atoms with van der Waals surface area (Å²) in [5, 5.41) is 14.5. The number of rotatable bonds is 4. The Hall–Kier alpha value is -1.04. The Morgan fingerprint density at radius 1 is 1.20 bits per heavy atom. The fourth-order valence-electron chi connectivity index (χ4n) is 1.55. The first-order valence-corrected chi connectivity index (χ1v) is 7.71. The fraction of sp³-hybridized carbons (Fsp3) is 0.0714. The van der Waals surface area contributed by atoms with Gasteiger partial charge in [-0.1, -0.05) is 29.8 Å². The molecule has 3 nitrogen and oxygen atoms in total. The Morgan fingerprint density at radius 2 is 1.85 bits per heavy atom. The number of hydrogen-bond acceptors (Lipinski definition) is 3. The van der Waals surface area contributed by atoms with E-state index in [4.69, 9.17) is 11.6 Å². The van der Waals surface area contributed by atoms with E-state index >= 15 is 0 Å². The van der Waals surface area contributed by atoms with Crippen LogP contribution in [-0.4, -0.2) is 11.3 Å². The molecule has 0 aliphatic carbocycles. The summed E-state index contributed by atoms with van der Waals surface area (Å²) in [5.74, 6) is 0.172. The van der Waals surface area contributed by atoms with Gasteiger partial charge in [-0.15, -0.1) is 0 Å². The zero-order chi connectivity index (χ0) is 14.5. The number of benzene rings is 2. The number of hydrogen-bond donors (Lipinski definition) is 2. The molecule has 0 saturated carbocycles. The molecule has 0 aromatic heterocycles. The number of phenolic OH excluding ortho intramolecular Hbond substituents is 1. The largest absolute Gasteiger partial charge is 0.506 e. The molecule has 0 aliphatic rings. The van der Waals surface area contributed by atoms with Crippen molar-refractivity contribution in [3.05, 3.63) is 61.5 Å². The molecule has 0 atom stereocenters. The molecule has 6 heteroatoms. The first-order valence-electron chi connectivity index (χ1n) is 5.75. The third-order valence-electron chi connectivity index (χ3n) is 2.57. The van der Waals surface area contributed by atoms with Crippen molar-refractivity contribution in [1.29, 1.82) is 0 Å². The number of nitrogens with zero attached hydrogens (tertiary/aromatic N) is 1. The van der Waals surface area contributed by atoms with Crippen molar-refractivity contribution in [3.63, 3.8) is 0 Å². The third-order valence-corrected chi connectivity index (χ3v) is 4.15. The summed E-state index contributed by atoms with van der Waals surface area (Å²) in [4.78, 5) is 0. The highest BCUT2D eigenvalue weighted by molar-refractivity contribution is 9.11. The Bertz CT molecular complexity index is 624. The molecule has 0 saturated heterocycles. The maximum atomic E-state index is 9.61. The highest BCUT2D eigenvalue weighted by atomic mass is 79.9. The average Bonchev–Trinajstić information content (AvgIpc) is 2.42. The second kappa shape index (κ2) is 7.11. The molecule has 2 aromatic rings. The van der Waals surface area contributed by atoms with E-state index in [2.05, 4.69) is 42.4 Å². The van der Waals surface area contributed by atoms with Gasteiger partial charge in [-0.2, -0.15) is 5.10 Å². The second-order valence-corrected chi connectivity index (χ2v) is 6.13. The van der Waals surface area contributed by atoms with E-state index in [9.17, 15) is 5.11 Å². The quantitative estimate of drug-likeness (QED) is 0.559.